The number of aromatic nitrogens is 4. The lowest BCUT2D eigenvalue weighted by Gasteiger charge is -2.32. The first kappa shape index (κ1) is 18.8. The Morgan fingerprint density at radius 2 is 1.90 bits per heavy atom. The van der Waals surface area contributed by atoms with E-state index in [2.05, 4.69) is 22.1 Å². The molecule has 1 saturated heterocycles. The monoisotopic (exact) mass is 427 g/mol. The fraction of sp³-hybridized carbons (Fsp3) is 0.381. The maximum absolute atomic E-state index is 12.6. The molecule has 2 aromatic heterocycles. The van der Waals surface area contributed by atoms with Gasteiger partial charge in [-0.1, -0.05) is 23.7 Å². The molecule has 0 bridgehead atoms. The lowest BCUT2D eigenvalue weighted by atomic mass is 9.89. The molecular formula is C21H22ClN5OS. The Kier molecular flexibility index (Phi) is 4.87. The zero-order chi connectivity index (χ0) is 20.0. The average Bonchev–Trinajstić information content (AvgIpc) is 3.34. The third-order valence-electron chi connectivity index (χ3n) is 5.77. The van der Waals surface area contributed by atoms with Crippen molar-refractivity contribution in [1.29, 1.82) is 0 Å². The van der Waals surface area contributed by atoms with Crippen LogP contribution in [0, 0.1) is 0 Å². The number of rotatable bonds is 3. The molecule has 1 aromatic carbocycles. The van der Waals surface area contributed by atoms with Crippen molar-refractivity contribution >= 4 is 28.3 Å². The van der Waals surface area contributed by atoms with Gasteiger partial charge in [0.1, 0.15) is 0 Å². The molecule has 0 aliphatic carbocycles. The maximum Gasteiger partial charge on any atom is 0.226 e. The smallest absolute Gasteiger partial charge is 0.226 e. The summed E-state index contributed by atoms with van der Waals surface area (Å²) in [5, 5.41) is 5.05. The van der Waals surface area contributed by atoms with Crippen LogP contribution < -0.4 is 4.90 Å². The Morgan fingerprint density at radius 3 is 2.59 bits per heavy atom. The quantitative estimate of drug-likeness (QED) is 0.639. The van der Waals surface area contributed by atoms with Crippen LogP contribution in [-0.4, -0.2) is 42.8 Å². The van der Waals surface area contributed by atoms with Crippen LogP contribution in [0.15, 0.2) is 41.6 Å². The number of nitrogens with zero attached hydrogens (tertiary/aromatic N) is 5. The second-order valence-corrected chi connectivity index (χ2v) is 9.61. The number of anilines is 1. The molecule has 0 spiro atoms. The number of fused-ring (bicyclic) bond motifs is 1. The molecule has 0 N–H and O–H groups in total. The number of hydrogen-bond donors (Lipinski definition) is 0. The Morgan fingerprint density at radius 1 is 1.14 bits per heavy atom. The first-order valence-corrected chi connectivity index (χ1v) is 11.6. The van der Waals surface area contributed by atoms with Crippen LogP contribution in [0.1, 0.15) is 30.0 Å². The van der Waals surface area contributed by atoms with Gasteiger partial charge in [0.25, 0.3) is 0 Å². The van der Waals surface area contributed by atoms with Gasteiger partial charge in [-0.2, -0.15) is 5.10 Å². The van der Waals surface area contributed by atoms with E-state index in [1.54, 1.807) is 10.9 Å². The lowest BCUT2D eigenvalue weighted by Crippen LogP contribution is -2.34. The Balaban J connectivity index is 1.42. The summed E-state index contributed by atoms with van der Waals surface area (Å²) in [6.07, 6.45) is 6.56. The number of piperidine rings is 1. The van der Waals surface area contributed by atoms with Crippen molar-refractivity contribution in [2.75, 3.05) is 23.7 Å². The first-order valence-electron chi connectivity index (χ1n) is 9.87. The summed E-state index contributed by atoms with van der Waals surface area (Å²) in [6.45, 7) is 1.81. The normalized spacial score (nSPS) is 19.5. The van der Waals surface area contributed by atoms with Crippen LogP contribution >= 0.6 is 11.6 Å². The zero-order valence-corrected chi connectivity index (χ0v) is 17.8. The predicted molar refractivity (Wildman–Crippen MR) is 115 cm³/mol. The number of halogens is 1. The number of hydrogen-bond acceptors (Lipinski definition) is 5. The highest BCUT2D eigenvalue weighted by molar-refractivity contribution is 7.85. The van der Waals surface area contributed by atoms with Crippen LogP contribution in [-0.2, 0) is 24.3 Å². The molecule has 0 saturated carbocycles. The second-order valence-electron chi connectivity index (χ2n) is 7.66. The van der Waals surface area contributed by atoms with Gasteiger partial charge in [-0.3, -0.25) is 8.89 Å². The first-order chi connectivity index (χ1) is 14.1. The Labute approximate surface area is 177 Å². The third kappa shape index (κ3) is 3.57. The zero-order valence-electron chi connectivity index (χ0n) is 16.2. The Bertz CT molecular complexity index is 1070. The van der Waals surface area contributed by atoms with E-state index >= 15 is 0 Å². The minimum Gasteiger partial charge on any atom is -0.341 e. The van der Waals surface area contributed by atoms with Gasteiger partial charge in [0.15, 0.2) is 0 Å². The largest absolute Gasteiger partial charge is 0.341 e. The molecule has 29 heavy (non-hydrogen) atoms. The van der Waals surface area contributed by atoms with Crippen LogP contribution in [0.4, 0.5) is 5.95 Å². The SMILES string of the molecule is Cn1cc(-c2nc(N3CCC(c4ccc(Cl)cc4)CC3)nc3c2[S@@](=O)CC3)cn1. The molecular weight excluding hydrogens is 406 g/mol. The van der Waals surface area contributed by atoms with E-state index in [4.69, 9.17) is 21.6 Å². The van der Waals surface area contributed by atoms with Crippen molar-refractivity contribution in [1.82, 2.24) is 19.7 Å². The number of benzene rings is 1. The van der Waals surface area contributed by atoms with Gasteiger partial charge < -0.3 is 4.90 Å². The maximum atomic E-state index is 12.6. The van der Waals surface area contributed by atoms with Crippen LogP contribution in [0.5, 0.6) is 0 Å². The van der Waals surface area contributed by atoms with E-state index in [1.807, 2.05) is 25.4 Å². The third-order valence-corrected chi connectivity index (χ3v) is 7.48. The van der Waals surface area contributed by atoms with Crippen LogP contribution in [0.2, 0.25) is 5.02 Å². The van der Waals surface area contributed by atoms with E-state index < -0.39 is 10.8 Å². The van der Waals surface area contributed by atoms with Crippen LogP contribution in [0.25, 0.3) is 11.3 Å². The summed E-state index contributed by atoms with van der Waals surface area (Å²) in [4.78, 5) is 12.7. The highest BCUT2D eigenvalue weighted by atomic mass is 35.5. The fourth-order valence-corrected chi connectivity index (χ4v) is 5.71. The van der Waals surface area contributed by atoms with Crippen molar-refractivity contribution in [2.45, 2.75) is 30.1 Å². The summed E-state index contributed by atoms with van der Waals surface area (Å²) in [5.41, 5.74) is 3.94. The van der Waals surface area contributed by atoms with Gasteiger partial charge >= 0.3 is 0 Å². The van der Waals surface area contributed by atoms with E-state index in [0.717, 1.165) is 65.2 Å². The summed E-state index contributed by atoms with van der Waals surface area (Å²) in [5.74, 6) is 1.90. The van der Waals surface area contributed by atoms with E-state index in [0.29, 0.717) is 11.7 Å². The van der Waals surface area contributed by atoms with Crippen molar-refractivity contribution in [2.24, 2.45) is 7.05 Å². The highest BCUT2D eigenvalue weighted by Crippen LogP contribution is 2.35. The Hall–Kier alpha value is -2.25. The molecule has 150 valence electrons. The summed E-state index contributed by atoms with van der Waals surface area (Å²) < 4.78 is 14.3. The average molecular weight is 428 g/mol. The lowest BCUT2D eigenvalue weighted by molar-refractivity contribution is 0.499. The molecule has 5 rings (SSSR count). The molecule has 0 amide bonds. The van der Waals surface area contributed by atoms with Gasteiger partial charge in [0.05, 0.1) is 33.3 Å². The molecule has 0 unspecified atom stereocenters. The molecule has 2 aliphatic rings. The van der Waals surface area contributed by atoms with Crippen molar-refractivity contribution in [3.05, 3.63) is 52.9 Å². The van der Waals surface area contributed by atoms with Gasteiger partial charge in [0.2, 0.25) is 5.95 Å². The summed E-state index contributed by atoms with van der Waals surface area (Å²) >= 11 is 6.02. The van der Waals surface area contributed by atoms with E-state index in [1.165, 1.54) is 5.56 Å². The molecule has 3 aromatic rings. The molecule has 1 fully saturated rings. The molecule has 4 heterocycles. The van der Waals surface area contributed by atoms with Crippen molar-refractivity contribution in [3.8, 4) is 11.3 Å². The highest BCUT2D eigenvalue weighted by Gasteiger charge is 2.29. The molecule has 2 aliphatic heterocycles. The van der Waals surface area contributed by atoms with Gasteiger partial charge in [0, 0.05) is 49.1 Å². The second kappa shape index (κ2) is 7.54. The van der Waals surface area contributed by atoms with Gasteiger partial charge in [-0.15, -0.1) is 0 Å². The molecule has 6 nitrogen and oxygen atoms in total. The van der Waals surface area contributed by atoms with E-state index in [-0.39, 0.29) is 0 Å². The summed E-state index contributed by atoms with van der Waals surface area (Å²) in [6, 6.07) is 8.19. The van der Waals surface area contributed by atoms with Gasteiger partial charge in [-0.25, -0.2) is 9.97 Å². The fourth-order valence-electron chi connectivity index (χ4n) is 4.21. The van der Waals surface area contributed by atoms with Crippen molar-refractivity contribution in [3.63, 3.8) is 0 Å². The van der Waals surface area contributed by atoms with E-state index in [9.17, 15) is 4.21 Å². The summed E-state index contributed by atoms with van der Waals surface area (Å²) in [7, 11) is 0.842. The minimum absolute atomic E-state index is 0.531. The minimum atomic E-state index is -1.04. The van der Waals surface area contributed by atoms with Crippen LogP contribution in [0.3, 0.4) is 0 Å². The number of aryl methyl sites for hydroxylation is 2. The molecule has 8 heteroatoms. The predicted octanol–water partition coefficient (Wildman–Crippen LogP) is 3.58. The van der Waals surface area contributed by atoms with Crippen molar-refractivity contribution < 1.29 is 4.21 Å². The standard InChI is InChI=1S/C21H22ClN5OS/c1-26-13-16(12-23-26)19-20-18(8-11-29(20)28)24-21(25-19)27-9-6-15(7-10-27)14-2-4-17(22)5-3-14/h2-5,12-13,15H,6-11H2,1H3/t29-/m0/s1. The molecule has 1 atom stereocenters. The topological polar surface area (TPSA) is 63.9 Å². The molecule has 0 radical (unpaired) electrons. The van der Waals surface area contributed by atoms with Gasteiger partial charge in [-0.05, 0) is 36.5 Å².